The molecule has 3 aromatic rings. The van der Waals surface area contributed by atoms with Crippen molar-refractivity contribution in [3.05, 3.63) is 59.9 Å². The lowest BCUT2D eigenvalue weighted by Crippen LogP contribution is -2.10. The fraction of sp³-hybridized carbons (Fsp3) is 0.167. The normalized spacial score (nSPS) is 10.2. The Morgan fingerprint density at radius 2 is 1.96 bits per heavy atom. The molecule has 0 bridgehead atoms. The molecule has 3 rings (SSSR count). The molecule has 5 heteroatoms. The highest BCUT2D eigenvalue weighted by molar-refractivity contribution is 6.03. The van der Waals surface area contributed by atoms with E-state index < -0.39 is 0 Å². The summed E-state index contributed by atoms with van der Waals surface area (Å²) in [6, 6.07) is 11.5. The maximum absolute atomic E-state index is 12.4. The zero-order valence-electron chi connectivity index (χ0n) is 12.9. The highest BCUT2D eigenvalue weighted by Gasteiger charge is 2.20. The van der Waals surface area contributed by atoms with Crippen LogP contribution in [0, 0.1) is 6.92 Å². The number of hydrogen-bond acceptors (Lipinski definition) is 4. The van der Waals surface area contributed by atoms with E-state index in [1.807, 2.05) is 43.3 Å². The van der Waals surface area contributed by atoms with Crippen LogP contribution in [-0.2, 0) is 4.74 Å². The zero-order valence-corrected chi connectivity index (χ0v) is 13.8. The number of para-hydroxylation sites is 1. The highest BCUT2D eigenvalue weighted by atomic mass is 35.5. The van der Waals surface area contributed by atoms with E-state index in [2.05, 4.69) is 9.97 Å². The molecule has 0 saturated carbocycles. The summed E-state index contributed by atoms with van der Waals surface area (Å²) >= 11 is 0. The summed E-state index contributed by atoms with van der Waals surface area (Å²) in [5, 5.41) is 0.957. The minimum absolute atomic E-state index is 0. The van der Waals surface area contributed by atoms with Crippen LogP contribution in [0.5, 0.6) is 0 Å². The number of esters is 1. The summed E-state index contributed by atoms with van der Waals surface area (Å²) in [5.41, 5.74) is 3.66. The van der Waals surface area contributed by atoms with Gasteiger partial charge >= 0.3 is 5.97 Å². The van der Waals surface area contributed by atoms with Crippen molar-refractivity contribution >= 4 is 29.3 Å². The molecule has 0 aliphatic heterocycles. The average Bonchev–Trinajstić information content (AvgIpc) is 2.55. The van der Waals surface area contributed by atoms with E-state index in [-0.39, 0.29) is 18.4 Å². The Hall–Kier alpha value is -2.46. The molecule has 1 aromatic carbocycles. The number of aromatic nitrogens is 2. The van der Waals surface area contributed by atoms with Crippen LogP contribution in [0.4, 0.5) is 0 Å². The summed E-state index contributed by atoms with van der Waals surface area (Å²) in [6.45, 7) is 4.05. The minimum atomic E-state index is -0.350. The van der Waals surface area contributed by atoms with Crippen LogP contribution >= 0.6 is 12.4 Å². The van der Waals surface area contributed by atoms with Crippen molar-refractivity contribution in [2.75, 3.05) is 6.61 Å². The first-order valence-electron chi connectivity index (χ1n) is 7.19. The third-order valence-electron chi connectivity index (χ3n) is 3.57. The lowest BCUT2D eigenvalue weighted by Gasteiger charge is -2.13. The number of fused-ring (bicyclic) bond motifs is 1. The van der Waals surface area contributed by atoms with Crippen LogP contribution < -0.4 is 0 Å². The molecule has 2 heterocycles. The van der Waals surface area contributed by atoms with Gasteiger partial charge in [-0.1, -0.05) is 18.2 Å². The van der Waals surface area contributed by atoms with Gasteiger partial charge in [-0.3, -0.25) is 4.98 Å². The van der Waals surface area contributed by atoms with Crippen LogP contribution in [0.3, 0.4) is 0 Å². The second-order valence-electron chi connectivity index (χ2n) is 4.94. The summed E-state index contributed by atoms with van der Waals surface area (Å²) < 4.78 is 5.22. The summed E-state index contributed by atoms with van der Waals surface area (Å²) in [6.07, 6.45) is 3.40. The van der Waals surface area contributed by atoms with Gasteiger partial charge in [0.05, 0.1) is 23.4 Å². The van der Waals surface area contributed by atoms with Gasteiger partial charge in [-0.2, -0.15) is 0 Å². The van der Waals surface area contributed by atoms with Crippen molar-refractivity contribution in [3.8, 4) is 11.3 Å². The van der Waals surface area contributed by atoms with E-state index in [0.29, 0.717) is 17.9 Å². The molecule has 0 saturated heterocycles. The zero-order chi connectivity index (χ0) is 15.5. The van der Waals surface area contributed by atoms with Crippen molar-refractivity contribution < 1.29 is 9.53 Å². The van der Waals surface area contributed by atoms with Gasteiger partial charge in [0, 0.05) is 23.3 Å². The topological polar surface area (TPSA) is 52.1 Å². The van der Waals surface area contributed by atoms with Crippen LogP contribution in [0.15, 0.2) is 48.8 Å². The van der Waals surface area contributed by atoms with Crippen LogP contribution in [0.2, 0.25) is 0 Å². The van der Waals surface area contributed by atoms with E-state index in [1.165, 1.54) is 0 Å². The van der Waals surface area contributed by atoms with Gasteiger partial charge in [0.1, 0.15) is 0 Å². The molecule has 0 radical (unpaired) electrons. The number of halogens is 1. The quantitative estimate of drug-likeness (QED) is 0.676. The SMILES string of the molecule is CCOC(=O)c1c(-c2cccnc2)nc2ccccc2c1C.Cl. The van der Waals surface area contributed by atoms with Crippen LogP contribution in [0.1, 0.15) is 22.8 Å². The first-order valence-corrected chi connectivity index (χ1v) is 7.19. The molecule has 0 unspecified atom stereocenters. The number of carbonyl (C=O) groups excluding carboxylic acids is 1. The molecule has 0 atom stereocenters. The number of rotatable bonds is 3. The number of carbonyl (C=O) groups is 1. The average molecular weight is 329 g/mol. The molecular weight excluding hydrogens is 312 g/mol. The number of aryl methyl sites for hydroxylation is 1. The summed E-state index contributed by atoms with van der Waals surface area (Å²) in [7, 11) is 0. The first-order chi connectivity index (χ1) is 10.7. The molecule has 0 spiro atoms. The molecule has 23 heavy (non-hydrogen) atoms. The molecule has 0 aliphatic rings. The monoisotopic (exact) mass is 328 g/mol. The third-order valence-corrected chi connectivity index (χ3v) is 3.57. The second kappa shape index (κ2) is 7.20. The Labute approximate surface area is 140 Å². The number of hydrogen-bond donors (Lipinski definition) is 0. The maximum atomic E-state index is 12.4. The Morgan fingerprint density at radius 1 is 1.17 bits per heavy atom. The Kier molecular flexibility index (Phi) is 5.29. The van der Waals surface area contributed by atoms with Crippen LogP contribution in [0.25, 0.3) is 22.2 Å². The highest BCUT2D eigenvalue weighted by Crippen LogP contribution is 2.29. The van der Waals surface area contributed by atoms with E-state index >= 15 is 0 Å². The minimum Gasteiger partial charge on any atom is -0.462 e. The van der Waals surface area contributed by atoms with Gasteiger partial charge in [-0.15, -0.1) is 12.4 Å². The predicted molar refractivity (Wildman–Crippen MR) is 92.9 cm³/mol. The standard InChI is InChI=1S/C18H16N2O2.ClH/c1-3-22-18(21)16-12(2)14-8-4-5-9-15(14)20-17(16)13-7-6-10-19-11-13;/h4-11H,3H2,1-2H3;1H. The van der Waals surface area contributed by atoms with Gasteiger partial charge < -0.3 is 4.74 Å². The predicted octanol–water partition coefficient (Wildman–Crippen LogP) is 4.20. The number of pyridine rings is 2. The largest absolute Gasteiger partial charge is 0.462 e. The van der Waals surface area contributed by atoms with E-state index in [4.69, 9.17) is 4.74 Å². The maximum Gasteiger partial charge on any atom is 0.340 e. The summed E-state index contributed by atoms with van der Waals surface area (Å²) in [5.74, 6) is -0.350. The van der Waals surface area contributed by atoms with Gasteiger partial charge in [-0.05, 0) is 37.6 Å². The molecule has 0 N–H and O–H groups in total. The van der Waals surface area contributed by atoms with Gasteiger partial charge in [0.25, 0.3) is 0 Å². The fourth-order valence-corrected chi connectivity index (χ4v) is 2.54. The van der Waals surface area contributed by atoms with Gasteiger partial charge in [0.2, 0.25) is 0 Å². The van der Waals surface area contributed by atoms with Crippen molar-refractivity contribution in [3.63, 3.8) is 0 Å². The molecule has 0 fully saturated rings. The molecule has 0 aliphatic carbocycles. The van der Waals surface area contributed by atoms with Crippen molar-refractivity contribution in [2.24, 2.45) is 0 Å². The third kappa shape index (κ3) is 3.17. The Balaban J connectivity index is 0.00000192. The van der Waals surface area contributed by atoms with Gasteiger partial charge in [-0.25, -0.2) is 9.78 Å². The van der Waals surface area contributed by atoms with Crippen LogP contribution in [-0.4, -0.2) is 22.5 Å². The molecule has 2 aromatic heterocycles. The Morgan fingerprint density at radius 3 is 2.65 bits per heavy atom. The first kappa shape index (κ1) is 16.9. The van der Waals surface area contributed by atoms with Crippen molar-refractivity contribution in [1.29, 1.82) is 0 Å². The summed E-state index contributed by atoms with van der Waals surface area (Å²) in [4.78, 5) is 21.2. The Bertz CT molecular complexity index is 835. The second-order valence-corrected chi connectivity index (χ2v) is 4.94. The van der Waals surface area contributed by atoms with E-state index in [0.717, 1.165) is 22.0 Å². The molecule has 4 nitrogen and oxygen atoms in total. The molecular formula is C18H17ClN2O2. The molecule has 0 amide bonds. The van der Waals surface area contributed by atoms with Crippen molar-refractivity contribution in [1.82, 2.24) is 9.97 Å². The van der Waals surface area contributed by atoms with E-state index in [1.54, 1.807) is 19.3 Å². The number of benzene rings is 1. The lowest BCUT2D eigenvalue weighted by atomic mass is 9.98. The number of nitrogens with zero attached hydrogens (tertiary/aromatic N) is 2. The fourth-order valence-electron chi connectivity index (χ4n) is 2.54. The van der Waals surface area contributed by atoms with Gasteiger partial charge in [0.15, 0.2) is 0 Å². The van der Waals surface area contributed by atoms with E-state index in [9.17, 15) is 4.79 Å². The lowest BCUT2D eigenvalue weighted by molar-refractivity contribution is 0.0526. The molecule has 118 valence electrons. The smallest absolute Gasteiger partial charge is 0.340 e. The number of ether oxygens (including phenoxy) is 1. The van der Waals surface area contributed by atoms with Crippen molar-refractivity contribution in [2.45, 2.75) is 13.8 Å².